The minimum atomic E-state index is -0.546. The fraction of sp³-hybridized carbons (Fsp3) is 0.267. The van der Waals surface area contributed by atoms with E-state index in [4.69, 9.17) is 15.2 Å². The van der Waals surface area contributed by atoms with Crippen molar-refractivity contribution in [2.75, 3.05) is 14.2 Å². The Morgan fingerprint density at radius 2 is 1.90 bits per heavy atom. The van der Waals surface area contributed by atoms with Crippen LogP contribution < -0.4 is 20.8 Å². The van der Waals surface area contributed by atoms with E-state index in [0.717, 1.165) is 5.56 Å². The summed E-state index contributed by atoms with van der Waals surface area (Å²) in [4.78, 5) is 12.1. The molecule has 0 saturated heterocycles. The van der Waals surface area contributed by atoms with Gasteiger partial charge in [0.2, 0.25) is 0 Å². The van der Waals surface area contributed by atoms with Crippen molar-refractivity contribution < 1.29 is 9.47 Å². The van der Waals surface area contributed by atoms with Gasteiger partial charge in [0.1, 0.15) is 11.5 Å². The monoisotopic (exact) mass is 274 g/mol. The highest BCUT2D eigenvalue weighted by atomic mass is 16.5. The predicted molar refractivity (Wildman–Crippen MR) is 77.3 cm³/mol. The molecule has 1 heterocycles. The largest absolute Gasteiger partial charge is 0.497 e. The maximum absolute atomic E-state index is 12.1. The lowest BCUT2D eigenvalue weighted by Crippen LogP contribution is -2.26. The van der Waals surface area contributed by atoms with E-state index in [1.165, 1.54) is 4.57 Å². The molecule has 0 bridgehead atoms. The van der Waals surface area contributed by atoms with Gasteiger partial charge in [-0.15, -0.1) is 0 Å². The Kier molecular flexibility index (Phi) is 4.10. The fourth-order valence-electron chi connectivity index (χ4n) is 2.10. The number of aryl methyl sites for hydroxylation is 1. The van der Waals surface area contributed by atoms with Crippen LogP contribution in [0.1, 0.15) is 17.2 Å². The van der Waals surface area contributed by atoms with Crippen LogP contribution in [0.25, 0.3) is 0 Å². The van der Waals surface area contributed by atoms with E-state index in [2.05, 4.69) is 0 Å². The Balaban J connectivity index is 2.50. The zero-order valence-corrected chi connectivity index (χ0v) is 11.8. The average Bonchev–Trinajstić information content (AvgIpc) is 2.48. The van der Waals surface area contributed by atoms with Gasteiger partial charge in [-0.2, -0.15) is 0 Å². The van der Waals surface area contributed by atoms with Crippen LogP contribution in [0.3, 0.4) is 0 Å². The van der Waals surface area contributed by atoms with Crippen LogP contribution in [0.5, 0.6) is 11.5 Å². The molecule has 1 unspecified atom stereocenters. The van der Waals surface area contributed by atoms with Gasteiger partial charge in [0.25, 0.3) is 5.56 Å². The molecule has 0 fully saturated rings. The summed E-state index contributed by atoms with van der Waals surface area (Å²) in [5.41, 5.74) is 7.38. The first kappa shape index (κ1) is 14.1. The Morgan fingerprint density at radius 1 is 1.15 bits per heavy atom. The molecule has 0 saturated carbocycles. The van der Waals surface area contributed by atoms with Gasteiger partial charge in [0.05, 0.1) is 20.3 Å². The molecule has 2 aromatic rings. The van der Waals surface area contributed by atoms with E-state index in [9.17, 15) is 4.79 Å². The highest BCUT2D eigenvalue weighted by Crippen LogP contribution is 2.30. The number of hydrogen-bond acceptors (Lipinski definition) is 4. The molecule has 2 N–H and O–H groups in total. The van der Waals surface area contributed by atoms with Crippen molar-refractivity contribution in [3.63, 3.8) is 0 Å². The van der Waals surface area contributed by atoms with E-state index in [1.54, 1.807) is 51.7 Å². The van der Waals surface area contributed by atoms with Crippen molar-refractivity contribution in [3.05, 3.63) is 58.0 Å². The third-order valence-electron chi connectivity index (χ3n) is 3.26. The number of benzene rings is 1. The summed E-state index contributed by atoms with van der Waals surface area (Å²) in [7, 11) is 4.85. The summed E-state index contributed by atoms with van der Waals surface area (Å²) in [6, 6.07) is 8.35. The number of nitrogens with two attached hydrogens (primary N) is 1. The third kappa shape index (κ3) is 2.53. The first-order valence-electron chi connectivity index (χ1n) is 6.21. The SMILES string of the molecule is COc1ccc(C(N)c2cccn(C)c2=O)c(OC)c1. The second-order valence-electron chi connectivity index (χ2n) is 4.47. The average molecular weight is 274 g/mol. The maximum Gasteiger partial charge on any atom is 0.255 e. The molecule has 0 spiro atoms. The van der Waals surface area contributed by atoms with Crippen LogP contribution >= 0.6 is 0 Å². The minimum absolute atomic E-state index is 0.113. The van der Waals surface area contributed by atoms with Crippen LogP contribution in [0.2, 0.25) is 0 Å². The number of ether oxygens (including phenoxy) is 2. The zero-order chi connectivity index (χ0) is 14.7. The smallest absolute Gasteiger partial charge is 0.255 e. The van der Waals surface area contributed by atoms with Gasteiger partial charge in [-0.05, 0) is 18.2 Å². The quantitative estimate of drug-likeness (QED) is 0.916. The summed E-state index contributed by atoms with van der Waals surface area (Å²) in [6.07, 6.45) is 1.70. The van der Waals surface area contributed by atoms with Gasteiger partial charge >= 0.3 is 0 Å². The normalized spacial score (nSPS) is 12.0. The molecule has 0 amide bonds. The molecule has 1 aromatic heterocycles. The van der Waals surface area contributed by atoms with E-state index in [1.807, 2.05) is 6.07 Å². The molecule has 0 aliphatic carbocycles. The van der Waals surface area contributed by atoms with Crippen LogP contribution in [-0.4, -0.2) is 18.8 Å². The molecule has 106 valence electrons. The molecule has 5 heteroatoms. The standard InChI is InChI=1S/C15H18N2O3/c1-17-8-4-5-12(15(17)18)14(16)11-7-6-10(19-2)9-13(11)20-3/h4-9,14H,16H2,1-3H3. The lowest BCUT2D eigenvalue weighted by molar-refractivity contribution is 0.390. The van der Waals surface area contributed by atoms with E-state index >= 15 is 0 Å². The van der Waals surface area contributed by atoms with Crippen molar-refractivity contribution in [2.24, 2.45) is 12.8 Å². The fourth-order valence-corrected chi connectivity index (χ4v) is 2.10. The summed E-state index contributed by atoms with van der Waals surface area (Å²) >= 11 is 0. The van der Waals surface area contributed by atoms with Gasteiger partial charge in [-0.3, -0.25) is 4.79 Å². The Labute approximate surface area is 117 Å². The zero-order valence-electron chi connectivity index (χ0n) is 11.8. The molecular formula is C15H18N2O3. The highest BCUT2D eigenvalue weighted by Gasteiger charge is 2.17. The maximum atomic E-state index is 12.1. The van der Waals surface area contributed by atoms with Crippen molar-refractivity contribution in [1.29, 1.82) is 0 Å². The number of aromatic nitrogens is 1. The number of pyridine rings is 1. The molecule has 1 atom stereocenters. The Bertz CT molecular complexity index is 664. The van der Waals surface area contributed by atoms with Crippen LogP contribution in [0.15, 0.2) is 41.3 Å². The van der Waals surface area contributed by atoms with Crippen molar-refractivity contribution in [2.45, 2.75) is 6.04 Å². The minimum Gasteiger partial charge on any atom is -0.497 e. The highest BCUT2D eigenvalue weighted by molar-refractivity contribution is 5.45. The molecular weight excluding hydrogens is 256 g/mol. The molecule has 20 heavy (non-hydrogen) atoms. The second-order valence-corrected chi connectivity index (χ2v) is 4.47. The van der Waals surface area contributed by atoms with Crippen molar-refractivity contribution in [3.8, 4) is 11.5 Å². The number of methoxy groups -OCH3 is 2. The van der Waals surface area contributed by atoms with Gasteiger partial charge in [0, 0.05) is 30.4 Å². The molecule has 1 aromatic carbocycles. The lowest BCUT2D eigenvalue weighted by Gasteiger charge is -2.17. The van der Waals surface area contributed by atoms with Gasteiger partial charge in [-0.1, -0.05) is 6.07 Å². The third-order valence-corrected chi connectivity index (χ3v) is 3.26. The van der Waals surface area contributed by atoms with Gasteiger partial charge in [-0.25, -0.2) is 0 Å². The molecule has 0 aliphatic rings. The van der Waals surface area contributed by atoms with Crippen molar-refractivity contribution >= 4 is 0 Å². The van der Waals surface area contributed by atoms with Gasteiger partial charge in [0.15, 0.2) is 0 Å². The number of nitrogens with zero attached hydrogens (tertiary/aromatic N) is 1. The molecule has 5 nitrogen and oxygen atoms in total. The second kappa shape index (κ2) is 5.79. The van der Waals surface area contributed by atoms with E-state index in [-0.39, 0.29) is 5.56 Å². The summed E-state index contributed by atoms with van der Waals surface area (Å²) in [6.45, 7) is 0. The predicted octanol–water partition coefficient (Wildman–Crippen LogP) is 1.45. The van der Waals surface area contributed by atoms with Crippen LogP contribution in [0.4, 0.5) is 0 Å². The first-order chi connectivity index (χ1) is 9.58. The summed E-state index contributed by atoms with van der Waals surface area (Å²) < 4.78 is 12.0. The van der Waals surface area contributed by atoms with Crippen molar-refractivity contribution in [1.82, 2.24) is 4.57 Å². The summed E-state index contributed by atoms with van der Waals surface area (Å²) in [5, 5.41) is 0. The Morgan fingerprint density at radius 3 is 2.55 bits per heavy atom. The van der Waals surface area contributed by atoms with Crippen LogP contribution in [-0.2, 0) is 7.05 Å². The Hall–Kier alpha value is -2.27. The van der Waals surface area contributed by atoms with Gasteiger partial charge < -0.3 is 19.8 Å². The topological polar surface area (TPSA) is 66.5 Å². The van der Waals surface area contributed by atoms with E-state index in [0.29, 0.717) is 17.1 Å². The van der Waals surface area contributed by atoms with Crippen LogP contribution in [0, 0.1) is 0 Å². The lowest BCUT2D eigenvalue weighted by atomic mass is 9.99. The molecule has 2 rings (SSSR count). The number of hydrogen-bond donors (Lipinski definition) is 1. The summed E-state index contributed by atoms with van der Waals surface area (Å²) in [5.74, 6) is 1.28. The molecule has 0 radical (unpaired) electrons. The number of rotatable bonds is 4. The van der Waals surface area contributed by atoms with E-state index < -0.39 is 6.04 Å². The first-order valence-corrected chi connectivity index (χ1v) is 6.21. The molecule has 0 aliphatic heterocycles.